The van der Waals surface area contributed by atoms with Gasteiger partial charge in [-0.3, -0.25) is 0 Å². The lowest BCUT2D eigenvalue weighted by molar-refractivity contribution is 1.52. The van der Waals surface area contributed by atoms with Gasteiger partial charge in [0.1, 0.15) is 0 Å². The second-order valence-electron chi connectivity index (χ2n) is 1.43. The van der Waals surface area contributed by atoms with Gasteiger partial charge < -0.3 is 0 Å². The van der Waals surface area contributed by atoms with Crippen LogP contribution in [0.2, 0.25) is 4.34 Å². The molecule has 0 nitrogen and oxygen atoms in total. The third-order valence-corrected chi connectivity index (χ3v) is 2.17. The lowest BCUT2D eigenvalue weighted by Crippen LogP contribution is -1.58. The Morgan fingerprint density at radius 2 is 2.38 bits per heavy atom. The van der Waals surface area contributed by atoms with E-state index in [1.807, 2.05) is 25.5 Å². The van der Waals surface area contributed by atoms with Gasteiger partial charge in [-0.05, 0) is 0 Å². The zero-order valence-corrected chi connectivity index (χ0v) is 6.09. The van der Waals surface area contributed by atoms with E-state index < -0.39 is 0 Å². The third kappa shape index (κ3) is 1.17. The Balaban J connectivity index is 2.84. The fraction of sp³-hybridized carbons (Fsp3) is 0.167. The molecule has 2 heteroatoms. The third-order valence-electron chi connectivity index (χ3n) is 0.879. The summed E-state index contributed by atoms with van der Waals surface area (Å²) in [5.41, 5.74) is 0. The molecular formula is C6H6ClS-. The average molecular weight is 146 g/mol. The number of rotatable bonds is 1. The maximum absolute atomic E-state index is 5.64. The molecule has 1 rings (SSSR count). The van der Waals surface area contributed by atoms with Crippen LogP contribution in [0, 0.1) is 6.42 Å². The van der Waals surface area contributed by atoms with Gasteiger partial charge in [0.05, 0.1) is 4.34 Å². The van der Waals surface area contributed by atoms with Crippen molar-refractivity contribution in [3.8, 4) is 0 Å². The molecule has 8 heavy (non-hydrogen) atoms. The van der Waals surface area contributed by atoms with Gasteiger partial charge in [0.2, 0.25) is 0 Å². The van der Waals surface area contributed by atoms with E-state index >= 15 is 0 Å². The van der Waals surface area contributed by atoms with Crippen molar-refractivity contribution in [1.82, 2.24) is 0 Å². The first-order chi connectivity index (χ1) is 3.83. The van der Waals surface area contributed by atoms with E-state index in [2.05, 4.69) is 0 Å². The van der Waals surface area contributed by atoms with E-state index in [0.29, 0.717) is 0 Å². The summed E-state index contributed by atoms with van der Waals surface area (Å²) in [6.45, 7) is 2.00. The quantitative estimate of drug-likeness (QED) is 0.533. The van der Waals surface area contributed by atoms with Crippen LogP contribution in [0.25, 0.3) is 0 Å². The van der Waals surface area contributed by atoms with Crippen LogP contribution >= 0.6 is 22.9 Å². The van der Waals surface area contributed by atoms with Crippen LogP contribution in [0.5, 0.6) is 0 Å². The Morgan fingerprint density at radius 1 is 1.62 bits per heavy atom. The minimum atomic E-state index is 0.859. The van der Waals surface area contributed by atoms with Crippen molar-refractivity contribution in [1.29, 1.82) is 0 Å². The first-order valence-electron chi connectivity index (χ1n) is 2.37. The van der Waals surface area contributed by atoms with E-state index in [4.69, 9.17) is 11.6 Å². The molecule has 0 radical (unpaired) electrons. The minimum absolute atomic E-state index is 0.859. The zero-order chi connectivity index (χ0) is 5.98. The fourth-order valence-corrected chi connectivity index (χ4v) is 1.43. The SMILES string of the molecule is C[CH-]c1ccc(Cl)s1. The summed E-state index contributed by atoms with van der Waals surface area (Å²) in [6.07, 6.45) is 2.04. The molecule has 0 saturated carbocycles. The highest BCUT2D eigenvalue weighted by Crippen LogP contribution is 2.21. The van der Waals surface area contributed by atoms with Gasteiger partial charge in [-0.2, -0.15) is 17.4 Å². The average Bonchev–Trinajstić information content (AvgIpc) is 2.14. The molecule has 0 aliphatic carbocycles. The van der Waals surface area contributed by atoms with Crippen LogP contribution in [0.1, 0.15) is 11.8 Å². The molecule has 0 amide bonds. The number of hydrogen-bond acceptors (Lipinski definition) is 1. The van der Waals surface area contributed by atoms with Gasteiger partial charge in [0.15, 0.2) is 0 Å². The predicted molar refractivity (Wildman–Crippen MR) is 38.4 cm³/mol. The van der Waals surface area contributed by atoms with Crippen LogP contribution in [-0.2, 0) is 0 Å². The first kappa shape index (κ1) is 5.99. The van der Waals surface area contributed by atoms with E-state index in [9.17, 15) is 0 Å². The van der Waals surface area contributed by atoms with Gasteiger partial charge in [0, 0.05) is 0 Å². The van der Waals surface area contributed by atoms with Gasteiger partial charge in [-0.1, -0.05) is 11.6 Å². The molecule has 0 unspecified atom stereocenters. The highest BCUT2D eigenvalue weighted by Gasteiger charge is 1.82. The zero-order valence-electron chi connectivity index (χ0n) is 4.52. The molecular weight excluding hydrogens is 140 g/mol. The van der Waals surface area contributed by atoms with Crippen molar-refractivity contribution in [2.75, 3.05) is 0 Å². The summed E-state index contributed by atoms with van der Waals surface area (Å²) in [6, 6.07) is 3.91. The van der Waals surface area contributed by atoms with Crippen molar-refractivity contribution < 1.29 is 0 Å². The second-order valence-corrected chi connectivity index (χ2v) is 3.18. The molecule has 0 aromatic carbocycles. The second kappa shape index (κ2) is 2.42. The summed E-state index contributed by atoms with van der Waals surface area (Å²) in [4.78, 5) is 1.23. The van der Waals surface area contributed by atoms with Crippen LogP contribution in [0.3, 0.4) is 0 Å². The van der Waals surface area contributed by atoms with Crippen LogP contribution < -0.4 is 0 Å². The lowest BCUT2D eigenvalue weighted by Gasteiger charge is -1.92. The molecule has 0 spiro atoms. The van der Waals surface area contributed by atoms with E-state index in [0.717, 1.165) is 4.34 Å². The standard InChI is InChI=1S/C6H6ClS/c1-2-5-3-4-6(7)8-5/h2-4H,1H3/q-1. The molecule has 0 N–H and O–H groups in total. The molecule has 1 aromatic heterocycles. The van der Waals surface area contributed by atoms with Crippen molar-refractivity contribution in [3.05, 3.63) is 27.8 Å². The Labute approximate surface area is 58.1 Å². The summed E-state index contributed by atoms with van der Waals surface area (Å²) in [7, 11) is 0. The van der Waals surface area contributed by atoms with E-state index in [1.54, 1.807) is 11.3 Å². The summed E-state index contributed by atoms with van der Waals surface area (Å²) in [5, 5.41) is 0. The molecule has 0 aliphatic heterocycles. The molecule has 0 saturated heterocycles. The van der Waals surface area contributed by atoms with Gasteiger partial charge in [-0.25, -0.2) is 6.42 Å². The monoisotopic (exact) mass is 145 g/mol. The Bertz CT molecular complexity index is 169. The number of thiophene rings is 1. The van der Waals surface area contributed by atoms with Crippen LogP contribution in [-0.4, -0.2) is 0 Å². The largest absolute Gasteiger partial charge is 0.216 e. The van der Waals surface area contributed by atoms with Gasteiger partial charge in [-0.15, -0.1) is 17.9 Å². The topological polar surface area (TPSA) is 0 Å². The maximum atomic E-state index is 5.64. The van der Waals surface area contributed by atoms with E-state index in [-0.39, 0.29) is 0 Å². The molecule has 0 aliphatic rings. The van der Waals surface area contributed by atoms with Gasteiger partial charge in [0.25, 0.3) is 0 Å². The van der Waals surface area contributed by atoms with Crippen molar-refractivity contribution in [3.63, 3.8) is 0 Å². The molecule has 0 fully saturated rings. The molecule has 1 aromatic rings. The predicted octanol–water partition coefficient (Wildman–Crippen LogP) is 2.97. The summed E-state index contributed by atoms with van der Waals surface area (Å²) >= 11 is 7.24. The van der Waals surface area contributed by atoms with E-state index in [1.165, 1.54) is 4.88 Å². The fourth-order valence-electron chi connectivity index (χ4n) is 0.483. The lowest BCUT2D eigenvalue weighted by atomic mass is 10.4. The summed E-state index contributed by atoms with van der Waals surface area (Å²) in [5.74, 6) is 0. The highest BCUT2D eigenvalue weighted by atomic mass is 35.5. The summed E-state index contributed by atoms with van der Waals surface area (Å²) < 4.78 is 0.859. The maximum Gasteiger partial charge on any atom is 0.0727 e. The normalized spacial score (nSPS) is 9.25. The molecule has 44 valence electrons. The highest BCUT2D eigenvalue weighted by molar-refractivity contribution is 7.16. The number of hydrogen-bond donors (Lipinski definition) is 0. The smallest absolute Gasteiger partial charge is 0.0727 e. The Morgan fingerprint density at radius 3 is 2.62 bits per heavy atom. The molecule has 0 atom stereocenters. The Hall–Kier alpha value is -0.140. The van der Waals surface area contributed by atoms with Crippen molar-refractivity contribution >= 4 is 22.9 Å². The van der Waals surface area contributed by atoms with Crippen LogP contribution in [0.15, 0.2) is 12.1 Å². The van der Waals surface area contributed by atoms with Crippen LogP contribution in [0.4, 0.5) is 0 Å². The van der Waals surface area contributed by atoms with Gasteiger partial charge >= 0.3 is 0 Å². The number of halogens is 1. The molecule has 0 bridgehead atoms. The van der Waals surface area contributed by atoms with Crippen molar-refractivity contribution in [2.24, 2.45) is 0 Å². The minimum Gasteiger partial charge on any atom is -0.216 e. The molecule has 1 heterocycles. The first-order valence-corrected chi connectivity index (χ1v) is 3.57. The Kier molecular flexibility index (Phi) is 1.81. The van der Waals surface area contributed by atoms with Crippen molar-refractivity contribution in [2.45, 2.75) is 6.92 Å².